The molecule has 1 atom stereocenters. The third-order valence-corrected chi connectivity index (χ3v) is 2.75. The SMILES string of the molecule is OC(CC1CC1)c1ccccc1OC(F)F. The predicted octanol–water partition coefficient (Wildman–Crippen LogP) is 3.12. The molecule has 0 saturated heterocycles. The molecule has 1 fully saturated rings. The van der Waals surface area contributed by atoms with Gasteiger partial charge in [0.15, 0.2) is 0 Å². The van der Waals surface area contributed by atoms with Crippen molar-refractivity contribution in [3.63, 3.8) is 0 Å². The molecule has 1 aromatic rings. The fraction of sp³-hybridized carbons (Fsp3) is 0.500. The van der Waals surface area contributed by atoms with Crippen molar-refractivity contribution in [1.29, 1.82) is 0 Å². The van der Waals surface area contributed by atoms with E-state index in [1.54, 1.807) is 18.2 Å². The van der Waals surface area contributed by atoms with Gasteiger partial charge in [0.2, 0.25) is 0 Å². The van der Waals surface area contributed by atoms with Gasteiger partial charge in [-0.05, 0) is 18.4 Å². The van der Waals surface area contributed by atoms with Crippen LogP contribution < -0.4 is 4.74 Å². The van der Waals surface area contributed by atoms with Crippen LogP contribution >= 0.6 is 0 Å². The van der Waals surface area contributed by atoms with E-state index in [-0.39, 0.29) is 5.75 Å². The quantitative estimate of drug-likeness (QED) is 0.839. The summed E-state index contributed by atoms with van der Waals surface area (Å²) in [5.41, 5.74) is 0.453. The zero-order valence-electron chi connectivity index (χ0n) is 8.77. The minimum absolute atomic E-state index is 0.0747. The van der Waals surface area contributed by atoms with Crippen molar-refractivity contribution in [2.24, 2.45) is 5.92 Å². The molecule has 1 aliphatic carbocycles. The molecule has 1 aromatic carbocycles. The van der Waals surface area contributed by atoms with Gasteiger partial charge in [-0.1, -0.05) is 31.0 Å². The molecule has 0 aliphatic heterocycles. The Balaban J connectivity index is 2.10. The number of aliphatic hydroxyl groups is 1. The Morgan fingerprint density at radius 2 is 2.00 bits per heavy atom. The number of ether oxygens (including phenoxy) is 1. The zero-order chi connectivity index (χ0) is 11.5. The van der Waals surface area contributed by atoms with Gasteiger partial charge in [-0.2, -0.15) is 8.78 Å². The van der Waals surface area contributed by atoms with Crippen LogP contribution in [0.4, 0.5) is 8.78 Å². The van der Waals surface area contributed by atoms with Crippen molar-refractivity contribution < 1.29 is 18.6 Å². The first-order valence-corrected chi connectivity index (χ1v) is 5.38. The van der Waals surface area contributed by atoms with E-state index < -0.39 is 12.7 Å². The van der Waals surface area contributed by atoms with E-state index in [0.29, 0.717) is 17.9 Å². The van der Waals surface area contributed by atoms with Gasteiger partial charge >= 0.3 is 6.61 Å². The number of hydrogen-bond acceptors (Lipinski definition) is 2. The fourth-order valence-electron chi connectivity index (χ4n) is 1.76. The molecule has 0 aromatic heterocycles. The zero-order valence-corrected chi connectivity index (χ0v) is 8.77. The van der Waals surface area contributed by atoms with E-state index in [0.717, 1.165) is 12.8 Å². The first kappa shape index (κ1) is 11.3. The van der Waals surface area contributed by atoms with Crippen LogP contribution in [-0.4, -0.2) is 11.7 Å². The van der Waals surface area contributed by atoms with Gasteiger partial charge in [-0.25, -0.2) is 0 Å². The lowest BCUT2D eigenvalue weighted by Gasteiger charge is -2.15. The molecule has 0 bridgehead atoms. The van der Waals surface area contributed by atoms with Crippen LogP contribution in [0.5, 0.6) is 5.75 Å². The summed E-state index contributed by atoms with van der Waals surface area (Å²) in [4.78, 5) is 0. The Hall–Kier alpha value is -1.16. The molecule has 1 unspecified atom stereocenters. The minimum atomic E-state index is -2.85. The van der Waals surface area contributed by atoms with Crippen molar-refractivity contribution in [3.8, 4) is 5.75 Å². The summed E-state index contributed by atoms with van der Waals surface area (Å²) in [7, 11) is 0. The molecular weight excluding hydrogens is 214 g/mol. The van der Waals surface area contributed by atoms with E-state index in [1.165, 1.54) is 6.07 Å². The van der Waals surface area contributed by atoms with E-state index in [4.69, 9.17) is 0 Å². The Morgan fingerprint density at radius 1 is 1.31 bits per heavy atom. The Kier molecular flexibility index (Phi) is 3.39. The Bertz CT molecular complexity index is 351. The second-order valence-corrected chi connectivity index (χ2v) is 4.11. The molecule has 1 aliphatic rings. The highest BCUT2D eigenvalue weighted by Gasteiger charge is 2.26. The Labute approximate surface area is 92.9 Å². The molecule has 0 spiro atoms. The normalized spacial score (nSPS) is 17.5. The first-order valence-electron chi connectivity index (χ1n) is 5.38. The first-order chi connectivity index (χ1) is 7.66. The maximum absolute atomic E-state index is 12.1. The van der Waals surface area contributed by atoms with Crippen LogP contribution in [0.3, 0.4) is 0 Å². The molecule has 0 heterocycles. The van der Waals surface area contributed by atoms with Gasteiger partial charge in [0.05, 0.1) is 6.10 Å². The number of aliphatic hydroxyl groups excluding tert-OH is 1. The molecule has 4 heteroatoms. The summed E-state index contributed by atoms with van der Waals surface area (Å²) in [6.45, 7) is -2.85. The average Bonchev–Trinajstić information content (AvgIpc) is 3.01. The van der Waals surface area contributed by atoms with Gasteiger partial charge in [-0.15, -0.1) is 0 Å². The maximum Gasteiger partial charge on any atom is 0.387 e. The van der Waals surface area contributed by atoms with E-state index in [1.807, 2.05) is 0 Å². The summed E-state index contributed by atoms with van der Waals surface area (Å²) in [5, 5.41) is 9.90. The van der Waals surface area contributed by atoms with Crippen molar-refractivity contribution in [2.75, 3.05) is 0 Å². The summed E-state index contributed by atoms with van der Waals surface area (Å²) < 4.78 is 28.6. The lowest BCUT2D eigenvalue weighted by molar-refractivity contribution is -0.0516. The number of halogens is 2. The molecule has 1 N–H and O–H groups in total. The molecule has 2 rings (SSSR count). The van der Waals surface area contributed by atoms with Crippen LogP contribution in [0.25, 0.3) is 0 Å². The van der Waals surface area contributed by atoms with Gasteiger partial charge in [0, 0.05) is 5.56 Å². The lowest BCUT2D eigenvalue weighted by Crippen LogP contribution is -2.07. The largest absolute Gasteiger partial charge is 0.434 e. The predicted molar refractivity (Wildman–Crippen MR) is 55.4 cm³/mol. The van der Waals surface area contributed by atoms with Crippen molar-refractivity contribution in [3.05, 3.63) is 29.8 Å². The topological polar surface area (TPSA) is 29.5 Å². The van der Waals surface area contributed by atoms with E-state index >= 15 is 0 Å². The monoisotopic (exact) mass is 228 g/mol. The highest BCUT2D eigenvalue weighted by Crippen LogP contribution is 2.39. The van der Waals surface area contributed by atoms with Crippen LogP contribution in [-0.2, 0) is 0 Å². The molecular formula is C12H14F2O2. The summed E-state index contributed by atoms with van der Waals surface area (Å²) in [6.07, 6.45) is 2.16. The molecule has 0 radical (unpaired) electrons. The average molecular weight is 228 g/mol. The molecule has 1 saturated carbocycles. The third-order valence-electron chi connectivity index (χ3n) is 2.75. The number of hydrogen-bond donors (Lipinski definition) is 1. The number of para-hydroxylation sites is 1. The van der Waals surface area contributed by atoms with Crippen LogP contribution in [0, 0.1) is 5.92 Å². The van der Waals surface area contributed by atoms with Crippen molar-refractivity contribution >= 4 is 0 Å². The van der Waals surface area contributed by atoms with Crippen LogP contribution in [0.2, 0.25) is 0 Å². The lowest BCUT2D eigenvalue weighted by atomic mass is 10.0. The van der Waals surface area contributed by atoms with E-state index in [9.17, 15) is 13.9 Å². The number of alkyl halides is 2. The number of benzene rings is 1. The highest BCUT2D eigenvalue weighted by atomic mass is 19.3. The molecule has 0 amide bonds. The molecule has 88 valence electrons. The van der Waals surface area contributed by atoms with Gasteiger partial charge in [0.25, 0.3) is 0 Å². The Morgan fingerprint density at radius 3 is 2.62 bits per heavy atom. The summed E-state index contributed by atoms with van der Waals surface area (Å²) in [5.74, 6) is 0.611. The second kappa shape index (κ2) is 4.78. The standard InChI is InChI=1S/C12H14F2O2/c13-12(14)16-11-4-2-1-3-9(11)10(15)7-8-5-6-8/h1-4,8,10,12,15H,5-7H2. The number of rotatable bonds is 5. The van der Waals surface area contributed by atoms with Gasteiger partial charge in [-0.3, -0.25) is 0 Å². The van der Waals surface area contributed by atoms with Gasteiger partial charge < -0.3 is 9.84 Å². The second-order valence-electron chi connectivity index (χ2n) is 4.11. The molecule has 16 heavy (non-hydrogen) atoms. The minimum Gasteiger partial charge on any atom is -0.434 e. The smallest absolute Gasteiger partial charge is 0.387 e. The van der Waals surface area contributed by atoms with Crippen molar-refractivity contribution in [1.82, 2.24) is 0 Å². The van der Waals surface area contributed by atoms with Gasteiger partial charge in [0.1, 0.15) is 5.75 Å². The fourth-order valence-corrected chi connectivity index (χ4v) is 1.76. The van der Waals surface area contributed by atoms with Crippen LogP contribution in [0.1, 0.15) is 30.9 Å². The van der Waals surface area contributed by atoms with Crippen LogP contribution in [0.15, 0.2) is 24.3 Å². The third kappa shape index (κ3) is 2.92. The maximum atomic E-state index is 12.1. The summed E-state index contributed by atoms with van der Waals surface area (Å²) >= 11 is 0. The highest BCUT2D eigenvalue weighted by molar-refractivity contribution is 5.35. The van der Waals surface area contributed by atoms with Crippen molar-refractivity contribution in [2.45, 2.75) is 32.0 Å². The van der Waals surface area contributed by atoms with E-state index in [2.05, 4.69) is 4.74 Å². The summed E-state index contributed by atoms with van der Waals surface area (Å²) in [6, 6.07) is 6.41. The molecule has 2 nitrogen and oxygen atoms in total.